The maximum absolute atomic E-state index is 12.6. The molecule has 0 saturated heterocycles. The monoisotopic (exact) mass is 493 g/mol. The lowest BCUT2D eigenvalue weighted by atomic mass is 9.72. The fourth-order valence-electron chi connectivity index (χ4n) is 4.67. The Hall–Kier alpha value is -1.85. The number of hydrogen-bond acceptors (Lipinski definition) is 4. The zero-order chi connectivity index (χ0) is 26.2. The van der Waals surface area contributed by atoms with E-state index in [0.717, 1.165) is 25.9 Å². The Balaban J connectivity index is 2.04. The van der Waals surface area contributed by atoms with Gasteiger partial charge in [0.25, 0.3) is 0 Å². The third-order valence-corrected chi connectivity index (χ3v) is 7.15. The van der Waals surface area contributed by atoms with E-state index in [4.69, 9.17) is 9.47 Å². The van der Waals surface area contributed by atoms with Gasteiger partial charge in [0.2, 0.25) is 6.33 Å². The topological polar surface area (TPSA) is 61.4 Å². The number of methoxy groups -OCH3 is 1. The minimum Gasteiger partial charge on any atom is -0.469 e. The zero-order valence-corrected chi connectivity index (χ0v) is 23.6. The number of ether oxygens (including phenoxy) is 2. The molecule has 1 atom stereocenters. The van der Waals surface area contributed by atoms with Crippen LogP contribution >= 0.6 is 0 Å². The molecule has 0 radical (unpaired) electrons. The van der Waals surface area contributed by atoms with Crippen LogP contribution in [0.1, 0.15) is 118 Å². The molecule has 0 aromatic carbocycles. The van der Waals surface area contributed by atoms with E-state index in [1.807, 2.05) is 27.7 Å². The molecular weight excluding hydrogens is 440 g/mol. The molecule has 0 aliphatic rings. The first-order chi connectivity index (χ1) is 16.7. The maximum Gasteiger partial charge on any atom is 0.311 e. The molecule has 0 N–H and O–H groups in total. The van der Waals surface area contributed by atoms with Gasteiger partial charge in [-0.2, -0.15) is 0 Å². The standard InChI is InChI=1S/C29H53N2O4/c1-7-9-19-30-21-22-31(25-30)20-17-15-13-11-10-12-14-16-18-23-35-26(32)28(3,4)24-29(5,8-2)27(33)34-6/h21-22,25H,7-20,23-24H2,1-6H3/q+1. The van der Waals surface area contributed by atoms with Gasteiger partial charge in [-0.25, -0.2) is 9.13 Å². The molecule has 1 unspecified atom stereocenters. The molecule has 0 amide bonds. The molecule has 0 fully saturated rings. The number of carbonyl (C=O) groups excluding carboxylic acids is 2. The van der Waals surface area contributed by atoms with Gasteiger partial charge in [0.15, 0.2) is 0 Å². The van der Waals surface area contributed by atoms with Crippen molar-refractivity contribution in [3.8, 4) is 0 Å². The van der Waals surface area contributed by atoms with Crippen LogP contribution in [0.4, 0.5) is 0 Å². The summed E-state index contributed by atoms with van der Waals surface area (Å²) in [4.78, 5) is 24.7. The highest BCUT2D eigenvalue weighted by Gasteiger charge is 2.42. The van der Waals surface area contributed by atoms with Crippen molar-refractivity contribution in [1.29, 1.82) is 0 Å². The van der Waals surface area contributed by atoms with Gasteiger partial charge in [0, 0.05) is 0 Å². The molecule has 6 heteroatoms. The van der Waals surface area contributed by atoms with Crippen molar-refractivity contribution in [3.63, 3.8) is 0 Å². The number of imidazole rings is 1. The summed E-state index contributed by atoms with van der Waals surface area (Å²) in [5, 5.41) is 0. The fraction of sp³-hybridized carbons (Fsp3) is 0.828. The highest BCUT2D eigenvalue weighted by Crippen LogP contribution is 2.38. The lowest BCUT2D eigenvalue weighted by Crippen LogP contribution is -2.38. The first-order valence-corrected chi connectivity index (χ1v) is 14.0. The first-order valence-electron chi connectivity index (χ1n) is 14.0. The number of carbonyl (C=O) groups is 2. The lowest BCUT2D eigenvalue weighted by Gasteiger charge is -2.33. The molecule has 0 bridgehead atoms. The highest BCUT2D eigenvalue weighted by molar-refractivity contribution is 5.80. The van der Waals surface area contributed by atoms with Crippen LogP contribution < -0.4 is 4.57 Å². The average molecular weight is 494 g/mol. The largest absolute Gasteiger partial charge is 0.469 e. The van der Waals surface area contributed by atoms with Crippen molar-refractivity contribution in [2.24, 2.45) is 10.8 Å². The van der Waals surface area contributed by atoms with Crippen molar-refractivity contribution in [2.75, 3.05) is 13.7 Å². The van der Waals surface area contributed by atoms with Crippen LogP contribution in [-0.4, -0.2) is 30.2 Å². The Morgan fingerprint density at radius 1 is 0.857 bits per heavy atom. The SMILES string of the molecule is CCCCn1cc[n+](CCCCCCCCCCCOC(=O)C(C)(C)CC(C)(CC)C(=O)OC)c1. The first kappa shape index (κ1) is 31.2. The van der Waals surface area contributed by atoms with E-state index in [2.05, 4.69) is 34.8 Å². The van der Waals surface area contributed by atoms with E-state index >= 15 is 0 Å². The number of esters is 2. The number of rotatable bonds is 20. The van der Waals surface area contributed by atoms with E-state index in [1.165, 1.54) is 64.9 Å². The molecule has 202 valence electrons. The maximum atomic E-state index is 12.6. The summed E-state index contributed by atoms with van der Waals surface area (Å²) in [6, 6.07) is 0. The van der Waals surface area contributed by atoms with Crippen LogP contribution in [0.2, 0.25) is 0 Å². The molecule has 0 spiro atoms. The third kappa shape index (κ3) is 12.1. The van der Waals surface area contributed by atoms with E-state index in [9.17, 15) is 9.59 Å². The minimum absolute atomic E-state index is 0.225. The summed E-state index contributed by atoms with van der Waals surface area (Å²) in [7, 11) is 1.40. The highest BCUT2D eigenvalue weighted by atomic mass is 16.5. The Morgan fingerprint density at radius 2 is 1.46 bits per heavy atom. The molecule has 1 rings (SSSR count). The van der Waals surface area contributed by atoms with Gasteiger partial charge in [-0.15, -0.1) is 0 Å². The second-order valence-electron chi connectivity index (χ2n) is 11.0. The Kier molecular flexibility index (Phi) is 14.9. The van der Waals surface area contributed by atoms with Crippen molar-refractivity contribution < 1.29 is 23.6 Å². The summed E-state index contributed by atoms with van der Waals surface area (Å²) in [6.45, 7) is 12.5. The van der Waals surface area contributed by atoms with Crippen molar-refractivity contribution in [1.82, 2.24) is 4.57 Å². The smallest absolute Gasteiger partial charge is 0.311 e. The number of unbranched alkanes of at least 4 members (excludes halogenated alkanes) is 9. The van der Waals surface area contributed by atoms with Crippen LogP contribution in [-0.2, 0) is 32.2 Å². The van der Waals surface area contributed by atoms with Crippen molar-refractivity contribution in [2.45, 2.75) is 131 Å². The van der Waals surface area contributed by atoms with E-state index in [1.54, 1.807) is 0 Å². The average Bonchev–Trinajstić information content (AvgIpc) is 3.29. The minimum atomic E-state index is -0.712. The molecule has 1 heterocycles. The quantitative estimate of drug-likeness (QED) is 0.116. The van der Waals surface area contributed by atoms with Gasteiger partial charge in [-0.05, 0) is 59.3 Å². The van der Waals surface area contributed by atoms with Crippen LogP contribution in [0.25, 0.3) is 0 Å². The molecule has 35 heavy (non-hydrogen) atoms. The molecule has 0 saturated carbocycles. The van der Waals surface area contributed by atoms with E-state index < -0.39 is 10.8 Å². The van der Waals surface area contributed by atoms with Gasteiger partial charge in [0.1, 0.15) is 12.4 Å². The normalized spacial score (nSPS) is 13.4. The zero-order valence-electron chi connectivity index (χ0n) is 23.6. The summed E-state index contributed by atoms with van der Waals surface area (Å²) in [5.41, 5.74) is -1.38. The Bertz CT molecular complexity index is 728. The molecular formula is C29H53N2O4+. The number of nitrogens with zero attached hydrogens (tertiary/aromatic N) is 2. The second kappa shape index (κ2) is 16.8. The van der Waals surface area contributed by atoms with Crippen molar-refractivity contribution >= 4 is 11.9 Å². The predicted molar refractivity (Wildman–Crippen MR) is 141 cm³/mol. The number of aromatic nitrogens is 2. The molecule has 6 nitrogen and oxygen atoms in total. The van der Waals surface area contributed by atoms with Crippen LogP contribution in [0.5, 0.6) is 0 Å². The van der Waals surface area contributed by atoms with Gasteiger partial charge < -0.3 is 9.47 Å². The van der Waals surface area contributed by atoms with E-state index in [0.29, 0.717) is 19.4 Å². The predicted octanol–water partition coefficient (Wildman–Crippen LogP) is 6.64. The Morgan fingerprint density at radius 3 is 2.03 bits per heavy atom. The fourth-order valence-corrected chi connectivity index (χ4v) is 4.67. The van der Waals surface area contributed by atoms with Crippen LogP contribution in [0.3, 0.4) is 0 Å². The molecule has 1 aromatic heterocycles. The van der Waals surface area contributed by atoms with Gasteiger partial charge in [-0.3, -0.25) is 9.59 Å². The number of aryl methyl sites for hydroxylation is 2. The summed E-state index contributed by atoms with van der Waals surface area (Å²) < 4.78 is 15.1. The number of hydrogen-bond donors (Lipinski definition) is 0. The molecule has 0 aliphatic heterocycles. The van der Waals surface area contributed by atoms with Gasteiger partial charge in [-0.1, -0.05) is 58.8 Å². The van der Waals surface area contributed by atoms with Gasteiger partial charge >= 0.3 is 11.9 Å². The molecule has 0 aliphatic carbocycles. The lowest BCUT2D eigenvalue weighted by molar-refractivity contribution is -0.696. The summed E-state index contributed by atoms with van der Waals surface area (Å²) in [5.74, 6) is -0.492. The van der Waals surface area contributed by atoms with Gasteiger partial charge in [0.05, 0.1) is 37.6 Å². The molecule has 1 aromatic rings. The Labute approximate surface area is 214 Å². The summed E-state index contributed by atoms with van der Waals surface area (Å²) >= 11 is 0. The third-order valence-electron chi connectivity index (χ3n) is 7.15. The second-order valence-corrected chi connectivity index (χ2v) is 11.0. The van der Waals surface area contributed by atoms with Crippen LogP contribution in [0, 0.1) is 10.8 Å². The van der Waals surface area contributed by atoms with E-state index in [-0.39, 0.29) is 11.9 Å². The summed E-state index contributed by atoms with van der Waals surface area (Å²) in [6.07, 6.45) is 21.0. The van der Waals surface area contributed by atoms with Crippen molar-refractivity contribution in [3.05, 3.63) is 18.7 Å². The van der Waals surface area contributed by atoms with Crippen LogP contribution in [0.15, 0.2) is 18.7 Å².